The van der Waals surface area contributed by atoms with Gasteiger partial charge in [-0.2, -0.15) is 0 Å². The number of hydrogen-bond acceptors (Lipinski definition) is 3. The van der Waals surface area contributed by atoms with E-state index in [0.717, 1.165) is 29.8 Å². The second kappa shape index (κ2) is 4.14. The van der Waals surface area contributed by atoms with Crippen LogP contribution in [0.15, 0.2) is 22.6 Å². The van der Waals surface area contributed by atoms with Gasteiger partial charge in [-0.15, -0.1) is 23.2 Å². The van der Waals surface area contributed by atoms with Crippen molar-refractivity contribution in [1.82, 2.24) is 4.98 Å². The molecule has 2 aliphatic carbocycles. The second-order valence-corrected chi connectivity index (χ2v) is 7.66. The maximum absolute atomic E-state index is 12.2. The van der Waals surface area contributed by atoms with E-state index in [1.54, 1.807) is 13.0 Å². The molecule has 21 heavy (non-hydrogen) atoms. The number of fused-ring (bicyclic) bond motifs is 1. The van der Waals surface area contributed by atoms with Gasteiger partial charge < -0.3 is 9.73 Å². The van der Waals surface area contributed by atoms with Gasteiger partial charge in [0, 0.05) is 11.6 Å². The van der Waals surface area contributed by atoms with Gasteiger partial charge in [0.15, 0.2) is 11.5 Å². The van der Waals surface area contributed by atoms with Crippen LogP contribution in [0.2, 0.25) is 0 Å². The molecule has 0 radical (unpaired) electrons. The Kier molecular flexibility index (Phi) is 2.64. The van der Waals surface area contributed by atoms with Crippen LogP contribution >= 0.6 is 23.2 Å². The highest BCUT2D eigenvalue weighted by Gasteiger charge is 2.67. The van der Waals surface area contributed by atoms with Crippen molar-refractivity contribution in [2.24, 2.45) is 5.41 Å². The van der Waals surface area contributed by atoms with E-state index in [1.807, 2.05) is 12.1 Å². The van der Waals surface area contributed by atoms with Gasteiger partial charge in [0.1, 0.15) is 9.85 Å². The zero-order chi connectivity index (χ0) is 14.8. The summed E-state index contributed by atoms with van der Waals surface area (Å²) in [7, 11) is 0. The zero-order valence-electron chi connectivity index (χ0n) is 11.5. The minimum atomic E-state index is -0.964. The number of nitrogens with one attached hydrogen (secondary N) is 1. The van der Waals surface area contributed by atoms with Gasteiger partial charge in [0.2, 0.25) is 5.91 Å². The lowest BCUT2D eigenvalue weighted by Crippen LogP contribution is -2.25. The van der Waals surface area contributed by atoms with E-state index in [9.17, 15) is 4.79 Å². The number of amides is 1. The molecule has 2 fully saturated rings. The van der Waals surface area contributed by atoms with Crippen LogP contribution in [-0.2, 0) is 4.79 Å². The molecule has 0 spiro atoms. The minimum Gasteiger partial charge on any atom is -0.440 e. The van der Waals surface area contributed by atoms with E-state index in [1.165, 1.54) is 0 Å². The topological polar surface area (TPSA) is 55.1 Å². The van der Waals surface area contributed by atoms with Crippen molar-refractivity contribution in [3.05, 3.63) is 24.1 Å². The van der Waals surface area contributed by atoms with Gasteiger partial charge in [-0.25, -0.2) is 4.98 Å². The molecule has 1 aromatic heterocycles. The highest BCUT2D eigenvalue weighted by Crippen LogP contribution is 2.64. The lowest BCUT2D eigenvalue weighted by atomic mass is 10.1. The Bertz CT molecular complexity index is 751. The normalized spacial score (nSPS) is 26.8. The van der Waals surface area contributed by atoms with Crippen LogP contribution in [0.4, 0.5) is 5.69 Å². The largest absolute Gasteiger partial charge is 0.440 e. The van der Waals surface area contributed by atoms with Gasteiger partial charge in [0.25, 0.3) is 0 Å². The number of carbonyl (C=O) groups excluding carboxylic acids is 1. The molecular weight excluding hydrogens is 311 g/mol. The van der Waals surface area contributed by atoms with Crippen LogP contribution in [0.25, 0.3) is 11.1 Å². The molecule has 2 saturated carbocycles. The van der Waals surface area contributed by atoms with Crippen LogP contribution in [0.3, 0.4) is 0 Å². The molecular formula is C15H14Cl2N2O2. The van der Waals surface area contributed by atoms with Crippen LogP contribution in [0.1, 0.15) is 38.0 Å². The molecule has 6 heteroatoms. The van der Waals surface area contributed by atoms with Crippen molar-refractivity contribution in [2.45, 2.75) is 36.4 Å². The van der Waals surface area contributed by atoms with Crippen LogP contribution in [0.5, 0.6) is 0 Å². The van der Waals surface area contributed by atoms with E-state index in [-0.39, 0.29) is 5.91 Å². The second-order valence-electron chi connectivity index (χ2n) is 6.18. The Hall–Kier alpha value is -1.26. The third kappa shape index (κ3) is 2.12. The summed E-state index contributed by atoms with van der Waals surface area (Å²) in [4.78, 5) is 16.7. The first-order chi connectivity index (χ1) is 9.89. The fourth-order valence-electron chi connectivity index (χ4n) is 2.44. The number of alkyl halides is 2. The van der Waals surface area contributed by atoms with Crippen molar-refractivity contribution in [2.75, 3.05) is 5.32 Å². The molecule has 1 heterocycles. The number of nitrogens with zero attached hydrogens (tertiary/aromatic N) is 1. The minimum absolute atomic E-state index is 0.169. The number of aromatic nitrogens is 1. The number of rotatable bonds is 3. The molecule has 0 saturated heterocycles. The van der Waals surface area contributed by atoms with Gasteiger partial charge >= 0.3 is 0 Å². The molecule has 1 aromatic carbocycles. The van der Waals surface area contributed by atoms with Crippen molar-refractivity contribution >= 4 is 45.9 Å². The highest BCUT2D eigenvalue weighted by molar-refractivity contribution is 6.53. The van der Waals surface area contributed by atoms with Crippen molar-refractivity contribution in [3.8, 4) is 0 Å². The molecule has 2 aromatic rings. The fraction of sp³-hybridized carbons (Fsp3) is 0.467. The lowest BCUT2D eigenvalue weighted by Gasteiger charge is -2.12. The van der Waals surface area contributed by atoms with Gasteiger partial charge in [-0.3, -0.25) is 4.79 Å². The predicted molar refractivity (Wildman–Crippen MR) is 81.8 cm³/mol. The van der Waals surface area contributed by atoms with Crippen molar-refractivity contribution < 1.29 is 9.21 Å². The first-order valence-corrected chi connectivity index (χ1v) is 7.74. The summed E-state index contributed by atoms with van der Waals surface area (Å²) in [6, 6.07) is 5.45. The van der Waals surface area contributed by atoms with Crippen LogP contribution in [0, 0.1) is 5.41 Å². The Labute approximate surface area is 131 Å². The SMILES string of the molecule is C[C@]1(C(=O)Nc2ccc3oc(C4CC4)nc3c2)CC1(Cl)Cl. The molecule has 2 aliphatic rings. The van der Waals surface area contributed by atoms with E-state index in [2.05, 4.69) is 10.3 Å². The average Bonchev–Trinajstić information content (AvgIpc) is 3.28. The molecule has 110 valence electrons. The average molecular weight is 325 g/mol. The lowest BCUT2D eigenvalue weighted by molar-refractivity contribution is -0.120. The van der Waals surface area contributed by atoms with Crippen LogP contribution < -0.4 is 5.32 Å². The maximum Gasteiger partial charge on any atom is 0.233 e. The molecule has 1 amide bonds. The molecule has 4 nitrogen and oxygen atoms in total. The Morgan fingerprint density at radius 2 is 2.14 bits per heavy atom. The summed E-state index contributed by atoms with van der Waals surface area (Å²) in [5.74, 6) is 1.09. The maximum atomic E-state index is 12.2. The Balaban J connectivity index is 1.58. The van der Waals surface area contributed by atoms with Crippen LogP contribution in [-0.4, -0.2) is 15.2 Å². The van der Waals surface area contributed by atoms with Gasteiger partial charge in [0.05, 0.1) is 5.41 Å². The monoisotopic (exact) mass is 324 g/mol. The summed E-state index contributed by atoms with van der Waals surface area (Å²) in [6.07, 6.45) is 2.75. The summed E-state index contributed by atoms with van der Waals surface area (Å²) in [5, 5.41) is 2.86. The van der Waals surface area contributed by atoms with E-state index in [0.29, 0.717) is 18.0 Å². The van der Waals surface area contributed by atoms with E-state index >= 15 is 0 Å². The summed E-state index contributed by atoms with van der Waals surface area (Å²) in [5.41, 5.74) is 1.46. The summed E-state index contributed by atoms with van der Waals surface area (Å²) < 4.78 is 4.73. The smallest absolute Gasteiger partial charge is 0.233 e. The van der Waals surface area contributed by atoms with E-state index in [4.69, 9.17) is 27.6 Å². The number of benzene rings is 1. The number of oxazole rings is 1. The van der Waals surface area contributed by atoms with Gasteiger partial charge in [-0.05, 0) is 44.4 Å². The van der Waals surface area contributed by atoms with Crippen molar-refractivity contribution in [1.29, 1.82) is 0 Å². The van der Waals surface area contributed by atoms with Crippen molar-refractivity contribution in [3.63, 3.8) is 0 Å². The molecule has 0 unspecified atom stereocenters. The molecule has 4 rings (SSSR count). The summed E-state index contributed by atoms with van der Waals surface area (Å²) >= 11 is 12.1. The number of carbonyl (C=O) groups is 1. The zero-order valence-corrected chi connectivity index (χ0v) is 13.0. The first kappa shape index (κ1) is 13.4. The van der Waals surface area contributed by atoms with E-state index < -0.39 is 9.75 Å². The molecule has 1 N–H and O–H groups in total. The number of halogens is 2. The molecule has 0 aliphatic heterocycles. The third-order valence-corrected chi connectivity index (χ3v) is 5.45. The predicted octanol–water partition coefficient (Wildman–Crippen LogP) is 4.23. The standard InChI is InChI=1S/C15H14Cl2N2O2/c1-14(7-15(14,16)17)13(20)18-9-4-5-11-10(6-9)19-12(21-11)8-2-3-8/h4-6,8H,2-3,7H2,1H3,(H,18,20)/t14-/m1/s1. The third-order valence-electron chi connectivity index (χ3n) is 4.35. The molecule has 1 atom stereocenters. The number of hydrogen-bond donors (Lipinski definition) is 1. The number of anilines is 1. The molecule has 0 bridgehead atoms. The summed E-state index contributed by atoms with van der Waals surface area (Å²) in [6.45, 7) is 1.77. The fourth-order valence-corrected chi connectivity index (χ4v) is 3.15. The quantitative estimate of drug-likeness (QED) is 0.859. The van der Waals surface area contributed by atoms with Gasteiger partial charge in [-0.1, -0.05) is 0 Å². The Morgan fingerprint density at radius 1 is 1.43 bits per heavy atom. The first-order valence-electron chi connectivity index (χ1n) is 6.99. The highest BCUT2D eigenvalue weighted by atomic mass is 35.5. The Morgan fingerprint density at radius 3 is 2.76 bits per heavy atom.